The highest BCUT2D eigenvalue weighted by Gasteiger charge is 2.32. The molecule has 1 aromatic carbocycles. The Labute approximate surface area is 120 Å². The molecule has 0 saturated carbocycles. The van der Waals surface area contributed by atoms with Gasteiger partial charge in [0, 0.05) is 24.4 Å². The van der Waals surface area contributed by atoms with Crippen molar-refractivity contribution in [1.82, 2.24) is 9.88 Å². The normalized spacial score (nSPS) is 15.0. The van der Waals surface area contributed by atoms with Crippen molar-refractivity contribution in [2.45, 2.75) is 6.42 Å². The lowest BCUT2D eigenvalue weighted by atomic mass is 9.96. The summed E-state index contributed by atoms with van der Waals surface area (Å²) in [7, 11) is 0. The molecule has 1 fully saturated rings. The molecule has 0 aliphatic carbocycles. The summed E-state index contributed by atoms with van der Waals surface area (Å²) in [5, 5.41) is 9.95. The zero-order valence-corrected chi connectivity index (χ0v) is 11.2. The van der Waals surface area contributed by atoms with Gasteiger partial charge >= 0.3 is 5.97 Å². The number of hydrogen-bond acceptors (Lipinski definition) is 3. The second-order valence-corrected chi connectivity index (χ2v) is 5.27. The van der Waals surface area contributed by atoms with Gasteiger partial charge in [-0.3, -0.25) is 14.4 Å². The average molecular weight is 286 g/mol. The highest BCUT2D eigenvalue weighted by atomic mass is 16.4. The van der Waals surface area contributed by atoms with Crippen molar-refractivity contribution in [3.05, 3.63) is 46.4 Å². The van der Waals surface area contributed by atoms with Crippen LogP contribution >= 0.6 is 0 Å². The number of carbonyl (C=O) groups excluding carboxylic acids is 1. The predicted octanol–water partition coefficient (Wildman–Crippen LogP) is 1.07. The highest BCUT2D eigenvalue weighted by Crippen LogP contribution is 2.21. The van der Waals surface area contributed by atoms with Crippen LogP contribution in [0.4, 0.5) is 0 Å². The van der Waals surface area contributed by atoms with Gasteiger partial charge in [0.2, 0.25) is 0 Å². The molecule has 2 heterocycles. The number of benzene rings is 1. The van der Waals surface area contributed by atoms with Crippen molar-refractivity contribution in [3.63, 3.8) is 0 Å². The van der Waals surface area contributed by atoms with E-state index in [2.05, 4.69) is 4.98 Å². The number of carboxylic acids is 1. The van der Waals surface area contributed by atoms with Crippen LogP contribution in [0.3, 0.4) is 0 Å². The number of hydrogen-bond donors (Lipinski definition) is 2. The van der Waals surface area contributed by atoms with Gasteiger partial charge in [-0.15, -0.1) is 0 Å². The number of pyridine rings is 1. The Morgan fingerprint density at radius 1 is 1.29 bits per heavy atom. The van der Waals surface area contributed by atoms with Gasteiger partial charge in [0.15, 0.2) is 0 Å². The van der Waals surface area contributed by atoms with Crippen molar-refractivity contribution in [1.29, 1.82) is 0 Å². The van der Waals surface area contributed by atoms with E-state index in [-0.39, 0.29) is 29.5 Å². The summed E-state index contributed by atoms with van der Waals surface area (Å²) in [4.78, 5) is 38.9. The van der Waals surface area contributed by atoms with Crippen LogP contribution in [-0.4, -0.2) is 40.0 Å². The smallest absolute Gasteiger partial charge is 0.303 e. The van der Waals surface area contributed by atoms with Gasteiger partial charge in [0.1, 0.15) is 5.69 Å². The first kappa shape index (κ1) is 13.4. The first-order valence-electron chi connectivity index (χ1n) is 6.68. The van der Waals surface area contributed by atoms with Crippen molar-refractivity contribution in [3.8, 4) is 0 Å². The maximum Gasteiger partial charge on any atom is 0.303 e. The molecule has 6 nitrogen and oxygen atoms in total. The van der Waals surface area contributed by atoms with Gasteiger partial charge in [-0.05, 0) is 17.5 Å². The molecule has 2 N–H and O–H groups in total. The Morgan fingerprint density at radius 3 is 2.71 bits per heavy atom. The number of fused-ring (bicyclic) bond motifs is 1. The minimum Gasteiger partial charge on any atom is -0.481 e. The van der Waals surface area contributed by atoms with Gasteiger partial charge in [-0.25, -0.2) is 0 Å². The number of likely N-dealkylation sites (tertiary alicyclic amines) is 1. The largest absolute Gasteiger partial charge is 0.481 e. The molecule has 0 bridgehead atoms. The van der Waals surface area contributed by atoms with E-state index in [0.717, 1.165) is 0 Å². The fourth-order valence-corrected chi connectivity index (χ4v) is 2.61. The number of carboxylic acid groups (broad SMARTS) is 1. The molecule has 108 valence electrons. The molecule has 1 amide bonds. The summed E-state index contributed by atoms with van der Waals surface area (Å²) in [6.07, 6.45) is 0.0675. The molecule has 1 aliphatic heterocycles. The minimum absolute atomic E-state index is 0.00127. The topological polar surface area (TPSA) is 90.5 Å². The maximum absolute atomic E-state index is 12.3. The van der Waals surface area contributed by atoms with Crippen LogP contribution in [0.2, 0.25) is 0 Å². The summed E-state index contributed by atoms with van der Waals surface area (Å²) >= 11 is 0. The van der Waals surface area contributed by atoms with E-state index >= 15 is 0 Å². The molecule has 1 aliphatic rings. The van der Waals surface area contributed by atoms with Gasteiger partial charge in [0.25, 0.3) is 11.5 Å². The molecule has 0 atom stereocenters. The number of carbonyl (C=O) groups is 2. The Bertz CT molecular complexity index is 775. The van der Waals surface area contributed by atoms with Crippen molar-refractivity contribution < 1.29 is 14.7 Å². The summed E-state index contributed by atoms with van der Waals surface area (Å²) < 4.78 is 0. The first-order chi connectivity index (χ1) is 10.0. The summed E-state index contributed by atoms with van der Waals surface area (Å²) in [6, 6.07) is 8.72. The van der Waals surface area contributed by atoms with Crippen molar-refractivity contribution in [2.24, 2.45) is 5.92 Å². The average Bonchev–Trinajstić information content (AvgIpc) is 2.41. The lowest BCUT2D eigenvalue weighted by Crippen LogP contribution is -2.51. The van der Waals surface area contributed by atoms with Crippen LogP contribution in [0.25, 0.3) is 10.8 Å². The summed E-state index contributed by atoms with van der Waals surface area (Å²) in [5.74, 6) is -1.12. The summed E-state index contributed by atoms with van der Waals surface area (Å²) in [5.41, 5.74) is -0.0495. The molecule has 0 spiro atoms. The van der Waals surface area contributed by atoms with Crippen LogP contribution in [0.1, 0.15) is 16.9 Å². The number of aromatic nitrogens is 1. The highest BCUT2D eigenvalue weighted by molar-refractivity contribution is 5.96. The second-order valence-electron chi connectivity index (χ2n) is 5.27. The molecular weight excluding hydrogens is 272 g/mol. The van der Waals surface area contributed by atoms with Crippen LogP contribution in [0, 0.1) is 5.92 Å². The molecule has 0 radical (unpaired) electrons. The zero-order valence-electron chi connectivity index (χ0n) is 11.2. The Morgan fingerprint density at radius 2 is 2.00 bits per heavy atom. The molecule has 1 aromatic heterocycles. The van der Waals surface area contributed by atoms with E-state index in [1.54, 1.807) is 29.2 Å². The fourth-order valence-electron chi connectivity index (χ4n) is 2.61. The Hall–Kier alpha value is -2.63. The zero-order chi connectivity index (χ0) is 15.0. The fraction of sp³-hybridized carbons (Fsp3) is 0.267. The quantitative estimate of drug-likeness (QED) is 0.883. The number of aromatic amines is 1. The number of nitrogens with one attached hydrogen (secondary N) is 1. The van der Waals surface area contributed by atoms with E-state index in [1.807, 2.05) is 6.07 Å². The number of amides is 1. The molecule has 2 aromatic rings. The van der Waals surface area contributed by atoms with E-state index in [4.69, 9.17) is 5.11 Å². The third-order valence-corrected chi connectivity index (χ3v) is 3.69. The molecular formula is C15H14N2O4. The van der Waals surface area contributed by atoms with E-state index in [1.165, 1.54) is 0 Å². The standard InChI is InChI=1S/C15H14N2O4/c18-13(19)5-9-7-17(8-9)15(21)12-6-10-3-1-2-4-11(10)14(20)16-12/h1-4,6,9H,5,7-8H2,(H,16,20)(H,18,19). The van der Waals surface area contributed by atoms with Crippen LogP contribution in [0.5, 0.6) is 0 Å². The number of rotatable bonds is 3. The predicted molar refractivity (Wildman–Crippen MR) is 76.2 cm³/mol. The van der Waals surface area contributed by atoms with Gasteiger partial charge < -0.3 is 15.0 Å². The maximum atomic E-state index is 12.3. The molecule has 3 rings (SSSR count). The molecule has 21 heavy (non-hydrogen) atoms. The van der Waals surface area contributed by atoms with Crippen LogP contribution in [0.15, 0.2) is 35.1 Å². The third-order valence-electron chi connectivity index (χ3n) is 3.69. The van der Waals surface area contributed by atoms with Gasteiger partial charge in [-0.1, -0.05) is 18.2 Å². The SMILES string of the molecule is O=C(O)CC1CN(C(=O)c2cc3ccccc3c(=O)[nH]2)C1. The second kappa shape index (κ2) is 5.05. The van der Waals surface area contributed by atoms with E-state index < -0.39 is 5.97 Å². The number of aliphatic carboxylic acids is 1. The Balaban J connectivity index is 1.80. The van der Waals surface area contributed by atoms with Gasteiger partial charge in [0.05, 0.1) is 6.42 Å². The first-order valence-corrected chi connectivity index (χ1v) is 6.68. The summed E-state index contributed by atoms with van der Waals surface area (Å²) in [6.45, 7) is 0.833. The Kier molecular flexibility index (Phi) is 3.21. The lowest BCUT2D eigenvalue weighted by Gasteiger charge is -2.38. The van der Waals surface area contributed by atoms with E-state index in [0.29, 0.717) is 23.9 Å². The third kappa shape index (κ3) is 2.52. The van der Waals surface area contributed by atoms with Gasteiger partial charge in [-0.2, -0.15) is 0 Å². The van der Waals surface area contributed by atoms with Crippen LogP contribution < -0.4 is 5.56 Å². The number of nitrogens with zero attached hydrogens (tertiary/aromatic N) is 1. The number of H-pyrrole nitrogens is 1. The van der Waals surface area contributed by atoms with Crippen LogP contribution in [-0.2, 0) is 4.79 Å². The molecule has 1 saturated heterocycles. The van der Waals surface area contributed by atoms with Crippen molar-refractivity contribution in [2.75, 3.05) is 13.1 Å². The lowest BCUT2D eigenvalue weighted by molar-refractivity contribution is -0.139. The molecule has 0 unspecified atom stereocenters. The minimum atomic E-state index is -0.855. The van der Waals surface area contributed by atoms with E-state index in [9.17, 15) is 14.4 Å². The van der Waals surface area contributed by atoms with Crippen molar-refractivity contribution >= 4 is 22.6 Å². The molecule has 6 heteroatoms. The monoisotopic (exact) mass is 286 g/mol.